The van der Waals surface area contributed by atoms with Gasteiger partial charge in [0.05, 0.1) is 25.0 Å². The number of likely N-dealkylation sites (N-methyl/N-ethyl adjacent to an activating group) is 1. The van der Waals surface area contributed by atoms with Gasteiger partial charge in [-0.15, -0.1) is 5.10 Å². The molecule has 0 spiro atoms. The molecule has 0 amide bonds. The van der Waals surface area contributed by atoms with Gasteiger partial charge in [0, 0.05) is 32.0 Å². The number of aliphatic hydroxyl groups excluding tert-OH is 1. The first-order valence-corrected chi connectivity index (χ1v) is 6.20. The Labute approximate surface area is 112 Å². The minimum absolute atomic E-state index is 0.157. The third kappa shape index (κ3) is 3.45. The minimum atomic E-state index is 0.157. The van der Waals surface area contributed by atoms with E-state index in [1.54, 1.807) is 10.9 Å². The number of aromatic nitrogens is 3. The average molecular weight is 261 g/mol. The largest absolute Gasteiger partial charge is 0.395 e. The second-order valence-electron chi connectivity index (χ2n) is 4.39. The number of rotatable bonds is 6. The number of nitrogens with zero attached hydrogens (tertiary/aromatic N) is 4. The molecule has 0 bridgehead atoms. The van der Waals surface area contributed by atoms with Crippen molar-refractivity contribution in [3.05, 3.63) is 36.2 Å². The molecule has 2 N–H and O–H groups in total. The predicted molar refractivity (Wildman–Crippen MR) is 75.1 cm³/mol. The van der Waals surface area contributed by atoms with Gasteiger partial charge < -0.3 is 15.3 Å². The SMILES string of the molecule is CN(CCO)c1ccc(NCc2cnnn2C)cc1. The normalized spacial score (nSPS) is 10.5. The summed E-state index contributed by atoms with van der Waals surface area (Å²) in [6.07, 6.45) is 1.75. The van der Waals surface area contributed by atoms with Crippen LogP contribution in [0.5, 0.6) is 0 Å². The molecule has 0 unspecified atom stereocenters. The molecular weight excluding hydrogens is 242 g/mol. The summed E-state index contributed by atoms with van der Waals surface area (Å²) in [6, 6.07) is 8.10. The zero-order chi connectivity index (χ0) is 13.7. The quantitative estimate of drug-likeness (QED) is 0.807. The van der Waals surface area contributed by atoms with Crippen molar-refractivity contribution in [3.8, 4) is 0 Å². The van der Waals surface area contributed by atoms with Crippen LogP contribution in [0, 0.1) is 0 Å². The van der Waals surface area contributed by atoms with Crippen molar-refractivity contribution in [2.45, 2.75) is 6.54 Å². The second kappa shape index (κ2) is 6.19. The predicted octanol–water partition coefficient (Wildman–Crippen LogP) is 0.856. The van der Waals surface area contributed by atoms with Gasteiger partial charge in [0.25, 0.3) is 0 Å². The van der Waals surface area contributed by atoms with Gasteiger partial charge in [-0.2, -0.15) is 0 Å². The zero-order valence-corrected chi connectivity index (χ0v) is 11.2. The fourth-order valence-electron chi connectivity index (χ4n) is 1.78. The molecule has 0 fully saturated rings. The van der Waals surface area contributed by atoms with Crippen LogP contribution in [0.1, 0.15) is 5.69 Å². The molecule has 0 saturated heterocycles. The van der Waals surface area contributed by atoms with Crippen molar-refractivity contribution < 1.29 is 5.11 Å². The Morgan fingerprint density at radius 2 is 2.05 bits per heavy atom. The molecule has 2 rings (SSSR count). The average Bonchev–Trinajstić information content (AvgIpc) is 2.83. The van der Waals surface area contributed by atoms with Gasteiger partial charge in [-0.1, -0.05) is 5.21 Å². The molecule has 1 heterocycles. The van der Waals surface area contributed by atoms with Crippen LogP contribution >= 0.6 is 0 Å². The number of aliphatic hydroxyl groups is 1. The Morgan fingerprint density at radius 3 is 2.63 bits per heavy atom. The minimum Gasteiger partial charge on any atom is -0.395 e. The Balaban J connectivity index is 1.93. The molecule has 0 radical (unpaired) electrons. The highest BCUT2D eigenvalue weighted by molar-refractivity contribution is 5.54. The van der Waals surface area contributed by atoms with Crippen LogP contribution in [0.2, 0.25) is 0 Å². The molecule has 6 nitrogen and oxygen atoms in total. The first kappa shape index (κ1) is 13.4. The molecule has 1 aromatic carbocycles. The van der Waals surface area contributed by atoms with Gasteiger partial charge in [0.15, 0.2) is 0 Å². The number of nitrogens with one attached hydrogen (secondary N) is 1. The van der Waals surface area contributed by atoms with Crippen LogP contribution in [-0.4, -0.2) is 40.3 Å². The first-order chi connectivity index (χ1) is 9.20. The third-order valence-electron chi connectivity index (χ3n) is 3.03. The first-order valence-electron chi connectivity index (χ1n) is 6.20. The Hall–Kier alpha value is -2.08. The van der Waals surface area contributed by atoms with Gasteiger partial charge in [0.1, 0.15) is 0 Å². The van der Waals surface area contributed by atoms with Crippen LogP contribution in [-0.2, 0) is 13.6 Å². The summed E-state index contributed by atoms with van der Waals surface area (Å²) in [5.74, 6) is 0. The summed E-state index contributed by atoms with van der Waals surface area (Å²) in [4.78, 5) is 2.01. The molecule has 19 heavy (non-hydrogen) atoms. The summed E-state index contributed by atoms with van der Waals surface area (Å²) in [5.41, 5.74) is 3.16. The third-order valence-corrected chi connectivity index (χ3v) is 3.03. The molecule has 0 aliphatic rings. The van der Waals surface area contributed by atoms with E-state index in [1.165, 1.54) is 0 Å². The number of hydrogen-bond acceptors (Lipinski definition) is 5. The Bertz CT molecular complexity index is 508. The maximum Gasteiger partial charge on any atom is 0.0774 e. The lowest BCUT2D eigenvalue weighted by Gasteiger charge is -2.18. The van der Waals surface area contributed by atoms with Crippen molar-refractivity contribution >= 4 is 11.4 Å². The molecule has 2 aromatic rings. The molecule has 0 atom stereocenters. The molecule has 102 valence electrons. The van der Waals surface area contributed by atoms with Crippen LogP contribution < -0.4 is 10.2 Å². The van der Waals surface area contributed by atoms with Gasteiger partial charge in [-0.3, -0.25) is 4.68 Å². The van der Waals surface area contributed by atoms with Gasteiger partial charge in [0.2, 0.25) is 0 Å². The van der Waals surface area contributed by atoms with E-state index < -0.39 is 0 Å². The summed E-state index contributed by atoms with van der Waals surface area (Å²) < 4.78 is 1.75. The standard InChI is InChI=1S/C13H19N5O/c1-17(7-8-19)12-5-3-11(4-6-12)14-9-13-10-15-16-18(13)2/h3-6,10,14,19H,7-9H2,1-2H3. The van der Waals surface area contributed by atoms with E-state index in [0.717, 1.165) is 17.1 Å². The van der Waals surface area contributed by atoms with Gasteiger partial charge in [-0.25, -0.2) is 0 Å². The van der Waals surface area contributed by atoms with E-state index >= 15 is 0 Å². The van der Waals surface area contributed by atoms with Crippen LogP contribution in [0.4, 0.5) is 11.4 Å². The number of aryl methyl sites for hydroxylation is 1. The fraction of sp³-hybridized carbons (Fsp3) is 0.385. The van der Waals surface area contributed by atoms with Crippen LogP contribution in [0.3, 0.4) is 0 Å². The van der Waals surface area contributed by atoms with E-state index in [4.69, 9.17) is 5.11 Å². The molecular formula is C13H19N5O. The van der Waals surface area contributed by atoms with Gasteiger partial charge in [-0.05, 0) is 24.3 Å². The lowest BCUT2D eigenvalue weighted by Crippen LogP contribution is -2.20. The lowest BCUT2D eigenvalue weighted by atomic mass is 10.2. The topological polar surface area (TPSA) is 66.2 Å². The second-order valence-corrected chi connectivity index (χ2v) is 4.39. The van der Waals surface area contributed by atoms with Crippen LogP contribution in [0.15, 0.2) is 30.5 Å². The van der Waals surface area contributed by atoms with Crippen molar-refractivity contribution in [1.82, 2.24) is 15.0 Å². The molecule has 0 aliphatic carbocycles. The zero-order valence-electron chi connectivity index (χ0n) is 11.2. The van der Waals surface area contributed by atoms with Crippen molar-refractivity contribution in [2.24, 2.45) is 7.05 Å². The van der Waals surface area contributed by atoms with E-state index in [2.05, 4.69) is 15.6 Å². The highest BCUT2D eigenvalue weighted by Crippen LogP contribution is 2.17. The van der Waals surface area contributed by atoms with E-state index in [9.17, 15) is 0 Å². The highest BCUT2D eigenvalue weighted by Gasteiger charge is 2.01. The monoisotopic (exact) mass is 261 g/mol. The molecule has 6 heteroatoms. The maximum atomic E-state index is 8.90. The Kier molecular flexibility index (Phi) is 4.35. The smallest absolute Gasteiger partial charge is 0.0774 e. The molecule has 1 aromatic heterocycles. The summed E-state index contributed by atoms with van der Waals surface area (Å²) in [5, 5.41) is 19.9. The Morgan fingerprint density at radius 1 is 1.32 bits per heavy atom. The van der Waals surface area contributed by atoms with Crippen LogP contribution in [0.25, 0.3) is 0 Å². The van der Waals surface area contributed by atoms with Crippen molar-refractivity contribution in [3.63, 3.8) is 0 Å². The number of anilines is 2. The van der Waals surface area contributed by atoms with E-state index in [-0.39, 0.29) is 6.61 Å². The molecule has 0 aliphatic heterocycles. The summed E-state index contributed by atoms with van der Waals surface area (Å²) in [7, 11) is 3.83. The lowest BCUT2D eigenvalue weighted by molar-refractivity contribution is 0.304. The van der Waals surface area contributed by atoms with E-state index in [0.29, 0.717) is 13.1 Å². The summed E-state index contributed by atoms with van der Waals surface area (Å²) in [6.45, 7) is 1.48. The number of benzene rings is 1. The van der Waals surface area contributed by atoms with E-state index in [1.807, 2.05) is 43.3 Å². The molecule has 0 saturated carbocycles. The summed E-state index contributed by atoms with van der Waals surface area (Å²) >= 11 is 0. The maximum absolute atomic E-state index is 8.90. The van der Waals surface area contributed by atoms with Crippen molar-refractivity contribution in [2.75, 3.05) is 30.4 Å². The number of hydrogen-bond donors (Lipinski definition) is 2. The fourth-order valence-corrected chi connectivity index (χ4v) is 1.78. The van der Waals surface area contributed by atoms with Gasteiger partial charge >= 0.3 is 0 Å². The van der Waals surface area contributed by atoms with Crippen molar-refractivity contribution in [1.29, 1.82) is 0 Å². The highest BCUT2D eigenvalue weighted by atomic mass is 16.3.